The van der Waals surface area contributed by atoms with Gasteiger partial charge in [-0.15, -0.1) is 0 Å². The molecular formula is C39H40N8O2. The summed E-state index contributed by atoms with van der Waals surface area (Å²) < 4.78 is 0. The number of carbonyl (C=O) groups is 1. The Balaban J connectivity index is 0.000000155. The Bertz CT molecular complexity index is 2070. The van der Waals surface area contributed by atoms with Crippen molar-refractivity contribution in [3.05, 3.63) is 109 Å². The van der Waals surface area contributed by atoms with E-state index in [1.54, 1.807) is 6.20 Å². The summed E-state index contributed by atoms with van der Waals surface area (Å²) in [5.41, 5.74) is 9.84. The lowest BCUT2D eigenvalue weighted by molar-refractivity contribution is 0.192. The SMILES string of the molecule is NCC1CCN(c2nccc(-c3ccc4ccccc4c3)n2)C1.O=C(O)NCC1CCN(c2nccc(-c3ccc4ccccc4c3)n2)C1. The third-order valence-electron chi connectivity index (χ3n) is 9.39. The van der Waals surface area contributed by atoms with Crippen LogP contribution in [0.25, 0.3) is 44.1 Å². The van der Waals surface area contributed by atoms with Crippen molar-refractivity contribution in [3.63, 3.8) is 0 Å². The van der Waals surface area contributed by atoms with Gasteiger partial charge in [-0.2, -0.15) is 0 Å². The van der Waals surface area contributed by atoms with Crippen molar-refractivity contribution >= 4 is 39.5 Å². The van der Waals surface area contributed by atoms with Gasteiger partial charge in [-0.1, -0.05) is 72.8 Å². The van der Waals surface area contributed by atoms with Crippen LogP contribution in [0.15, 0.2) is 109 Å². The van der Waals surface area contributed by atoms with Crippen molar-refractivity contribution in [1.29, 1.82) is 0 Å². The molecule has 0 spiro atoms. The molecule has 0 aliphatic carbocycles. The molecule has 2 saturated heterocycles. The molecule has 6 aromatic rings. The molecule has 1 amide bonds. The Hall–Kier alpha value is -5.61. The van der Waals surface area contributed by atoms with Crippen molar-refractivity contribution in [2.24, 2.45) is 17.6 Å². The Kier molecular flexibility index (Phi) is 9.56. The van der Waals surface area contributed by atoms with Crippen molar-refractivity contribution in [2.75, 3.05) is 49.1 Å². The van der Waals surface area contributed by atoms with E-state index in [0.717, 1.165) is 74.0 Å². The number of anilines is 2. The summed E-state index contributed by atoms with van der Waals surface area (Å²) >= 11 is 0. The minimum atomic E-state index is -0.974. The number of nitrogens with one attached hydrogen (secondary N) is 1. The molecule has 0 radical (unpaired) electrons. The van der Waals surface area contributed by atoms with Crippen molar-refractivity contribution in [2.45, 2.75) is 12.8 Å². The molecule has 4 aromatic carbocycles. The average molecular weight is 653 g/mol. The molecule has 10 nitrogen and oxygen atoms in total. The van der Waals surface area contributed by atoms with E-state index in [0.29, 0.717) is 24.3 Å². The predicted molar refractivity (Wildman–Crippen MR) is 196 cm³/mol. The van der Waals surface area contributed by atoms with E-state index >= 15 is 0 Å². The van der Waals surface area contributed by atoms with Gasteiger partial charge in [0.1, 0.15) is 0 Å². The normalized spacial score (nSPS) is 17.2. The van der Waals surface area contributed by atoms with E-state index in [1.165, 1.54) is 21.5 Å². The monoisotopic (exact) mass is 652 g/mol. The zero-order valence-corrected chi connectivity index (χ0v) is 27.3. The van der Waals surface area contributed by atoms with Crippen LogP contribution in [-0.2, 0) is 0 Å². The summed E-state index contributed by atoms with van der Waals surface area (Å²) in [7, 11) is 0. The summed E-state index contributed by atoms with van der Waals surface area (Å²) in [6.45, 7) is 4.76. The highest BCUT2D eigenvalue weighted by atomic mass is 16.4. The van der Waals surface area contributed by atoms with Crippen molar-refractivity contribution in [1.82, 2.24) is 25.3 Å². The molecule has 0 bridgehead atoms. The lowest BCUT2D eigenvalue weighted by atomic mass is 10.1. The molecule has 10 heteroatoms. The summed E-state index contributed by atoms with van der Waals surface area (Å²) in [5, 5.41) is 16.1. The van der Waals surface area contributed by atoms with Crippen LogP contribution in [0.5, 0.6) is 0 Å². The van der Waals surface area contributed by atoms with Crippen LogP contribution >= 0.6 is 0 Å². The van der Waals surface area contributed by atoms with E-state index in [-0.39, 0.29) is 0 Å². The first kappa shape index (κ1) is 32.0. The molecule has 8 rings (SSSR count). The fourth-order valence-corrected chi connectivity index (χ4v) is 6.64. The molecular weight excluding hydrogens is 612 g/mol. The maximum absolute atomic E-state index is 10.7. The maximum Gasteiger partial charge on any atom is 0.404 e. The predicted octanol–water partition coefficient (Wildman–Crippen LogP) is 6.47. The second-order valence-corrected chi connectivity index (χ2v) is 12.7. The molecule has 4 N–H and O–H groups in total. The molecule has 2 aliphatic rings. The average Bonchev–Trinajstić information content (AvgIpc) is 3.85. The highest BCUT2D eigenvalue weighted by Crippen LogP contribution is 2.28. The molecule has 4 heterocycles. The number of fused-ring (bicyclic) bond motifs is 2. The van der Waals surface area contributed by atoms with Gasteiger partial charge < -0.3 is 26.0 Å². The lowest BCUT2D eigenvalue weighted by Crippen LogP contribution is -2.30. The molecule has 49 heavy (non-hydrogen) atoms. The molecule has 2 aromatic heterocycles. The second-order valence-electron chi connectivity index (χ2n) is 12.7. The zero-order valence-electron chi connectivity index (χ0n) is 27.3. The smallest absolute Gasteiger partial charge is 0.404 e. The Labute approximate surface area is 285 Å². The summed E-state index contributed by atoms with van der Waals surface area (Å²) in [4.78, 5) is 33.4. The molecule has 2 atom stereocenters. The zero-order chi connectivity index (χ0) is 33.6. The van der Waals surface area contributed by atoms with Crippen LogP contribution in [0.2, 0.25) is 0 Å². The Morgan fingerprint density at radius 2 is 1.18 bits per heavy atom. The maximum atomic E-state index is 10.7. The summed E-state index contributed by atoms with van der Waals surface area (Å²) in [6.07, 6.45) is 4.72. The van der Waals surface area contributed by atoms with Gasteiger partial charge in [0.2, 0.25) is 11.9 Å². The van der Waals surface area contributed by atoms with Crippen LogP contribution in [0.4, 0.5) is 16.7 Å². The number of benzene rings is 4. The van der Waals surface area contributed by atoms with Gasteiger partial charge in [-0.3, -0.25) is 0 Å². The third kappa shape index (κ3) is 7.60. The minimum Gasteiger partial charge on any atom is -0.465 e. The summed E-state index contributed by atoms with van der Waals surface area (Å²) in [5.74, 6) is 2.36. The molecule has 0 saturated carbocycles. The number of aromatic nitrogens is 4. The fourth-order valence-electron chi connectivity index (χ4n) is 6.64. The Morgan fingerprint density at radius 3 is 1.67 bits per heavy atom. The van der Waals surface area contributed by atoms with Crippen LogP contribution in [0.1, 0.15) is 12.8 Å². The van der Waals surface area contributed by atoms with Crippen LogP contribution < -0.4 is 20.9 Å². The van der Waals surface area contributed by atoms with Gasteiger partial charge in [0.25, 0.3) is 0 Å². The van der Waals surface area contributed by atoms with E-state index in [9.17, 15) is 4.79 Å². The number of hydrogen-bond donors (Lipinski definition) is 3. The molecule has 2 unspecified atom stereocenters. The van der Waals surface area contributed by atoms with Crippen molar-refractivity contribution < 1.29 is 9.90 Å². The first-order valence-electron chi connectivity index (χ1n) is 16.8. The van der Waals surface area contributed by atoms with E-state index in [2.05, 4.69) is 97.9 Å². The summed E-state index contributed by atoms with van der Waals surface area (Å²) in [6, 6.07) is 33.3. The van der Waals surface area contributed by atoms with Gasteiger partial charge in [-0.05, 0) is 77.0 Å². The van der Waals surface area contributed by atoms with E-state index in [1.807, 2.05) is 30.5 Å². The first-order chi connectivity index (χ1) is 24.0. The van der Waals surface area contributed by atoms with Crippen LogP contribution in [0, 0.1) is 11.8 Å². The van der Waals surface area contributed by atoms with Gasteiger partial charge in [0, 0.05) is 56.2 Å². The van der Waals surface area contributed by atoms with Gasteiger partial charge in [0.05, 0.1) is 11.4 Å². The highest BCUT2D eigenvalue weighted by molar-refractivity contribution is 5.87. The van der Waals surface area contributed by atoms with E-state index in [4.69, 9.17) is 20.8 Å². The number of hydrogen-bond acceptors (Lipinski definition) is 8. The lowest BCUT2D eigenvalue weighted by Gasteiger charge is -2.17. The number of nitrogens with two attached hydrogens (primary N) is 1. The third-order valence-corrected chi connectivity index (χ3v) is 9.39. The number of carboxylic acid groups (broad SMARTS) is 1. The quantitative estimate of drug-likeness (QED) is 0.177. The van der Waals surface area contributed by atoms with Gasteiger partial charge >= 0.3 is 6.09 Å². The van der Waals surface area contributed by atoms with Crippen molar-refractivity contribution in [3.8, 4) is 22.5 Å². The standard InChI is InChI=1S/C20H20N4O2.C19H20N4/c25-20(26)22-12-14-8-10-24(13-14)19-21-9-7-18(23-19)17-6-5-15-3-1-2-4-16(15)11-17;20-12-14-8-10-23(13-14)19-21-9-7-18(22-19)17-6-5-15-3-1-2-4-16(15)11-17/h1-7,9,11,14,22H,8,10,12-13H2,(H,25,26);1-7,9,11,14H,8,10,12-13,20H2. The minimum absolute atomic E-state index is 0.291. The van der Waals surface area contributed by atoms with Gasteiger partial charge in [-0.25, -0.2) is 24.7 Å². The first-order valence-corrected chi connectivity index (χ1v) is 16.8. The largest absolute Gasteiger partial charge is 0.465 e. The number of amides is 1. The van der Waals surface area contributed by atoms with Gasteiger partial charge in [0.15, 0.2) is 0 Å². The fraction of sp³-hybridized carbons (Fsp3) is 0.256. The topological polar surface area (TPSA) is 133 Å². The van der Waals surface area contributed by atoms with E-state index < -0.39 is 6.09 Å². The number of rotatable bonds is 7. The molecule has 2 aliphatic heterocycles. The van der Waals surface area contributed by atoms with Crippen LogP contribution in [0.3, 0.4) is 0 Å². The van der Waals surface area contributed by atoms with Crippen LogP contribution in [-0.4, -0.2) is 70.4 Å². The second kappa shape index (κ2) is 14.7. The molecule has 248 valence electrons. The Morgan fingerprint density at radius 1 is 0.694 bits per heavy atom. The number of nitrogens with zero attached hydrogens (tertiary/aromatic N) is 6. The molecule has 2 fully saturated rings. The highest BCUT2D eigenvalue weighted by Gasteiger charge is 2.25.